The summed E-state index contributed by atoms with van der Waals surface area (Å²) in [5.74, 6) is -0.246. The molecule has 1 aromatic carbocycles. The molecule has 1 aliphatic heterocycles. The number of amides is 1. The minimum Gasteiger partial charge on any atom is -0.339 e. The highest BCUT2D eigenvalue weighted by Gasteiger charge is 2.38. The van der Waals surface area contributed by atoms with Crippen LogP contribution in [0.1, 0.15) is 17.0 Å². The number of carbonyl (C=O) groups excluding carboxylic acids is 1. The van der Waals surface area contributed by atoms with Crippen molar-refractivity contribution < 1.29 is 18.0 Å². The first-order valence-corrected chi connectivity index (χ1v) is 9.87. The summed E-state index contributed by atoms with van der Waals surface area (Å²) in [5, 5.41) is 4.28. The maximum absolute atomic E-state index is 13.0. The van der Waals surface area contributed by atoms with Crippen molar-refractivity contribution in [3.63, 3.8) is 0 Å². The van der Waals surface area contributed by atoms with E-state index in [1.807, 2.05) is 24.3 Å². The lowest BCUT2D eigenvalue weighted by molar-refractivity contribution is -0.142. The minimum absolute atomic E-state index is 0.127. The maximum atomic E-state index is 13.0. The van der Waals surface area contributed by atoms with Crippen molar-refractivity contribution in [1.82, 2.24) is 19.6 Å². The third kappa shape index (κ3) is 4.69. The molecular weight excluding hydrogens is 461 g/mol. The summed E-state index contributed by atoms with van der Waals surface area (Å²) in [7, 11) is 0. The van der Waals surface area contributed by atoms with Crippen LogP contribution in [0.5, 0.6) is 0 Å². The van der Waals surface area contributed by atoms with Gasteiger partial charge in [-0.05, 0) is 34.5 Å². The molecule has 0 N–H and O–H groups in total. The molecule has 5 nitrogen and oxygen atoms in total. The van der Waals surface area contributed by atoms with E-state index >= 15 is 0 Å². The van der Waals surface area contributed by atoms with Crippen molar-refractivity contribution in [3.8, 4) is 0 Å². The molecule has 1 fully saturated rings. The number of piperazine rings is 1. The average Bonchev–Trinajstić information content (AvgIpc) is 2.93. The normalized spacial score (nSPS) is 15.9. The molecule has 0 unspecified atom stereocenters. The van der Waals surface area contributed by atoms with Crippen LogP contribution in [0.2, 0.25) is 5.02 Å². The van der Waals surface area contributed by atoms with E-state index in [4.69, 9.17) is 11.6 Å². The minimum atomic E-state index is -4.57. The molecule has 1 amide bonds. The zero-order valence-electron chi connectivity index (χ0n) is 15.1. The van der Waals surface area contributed by atoms with Gasteiger partial charge in [-0.2, -0.15) is 18.3 Å². The fourth-order valence-electron chi connectivity index (χ4n) is 3.11. The van der Waals surface area contributed by atoms with Gasteiger partial charge in [0.25, 0.3) is 0 Å². The smallest absolute Gasteiger partial charge is 0.339 e. The number of hydrogen-bond donors (Lipinski definition) is 0. The van der Waals surface area contributed by atoms with Gasteiger partial charge in [0.2, 0.25) is 5.91 Å². The number of aromatic nitrogens is 2. The third-order valence-corrected chi connectivity index (χ3v) is 6.08. The number of halogens is 5. The lowest BCUT2D eigenvalue weighted by Gasteiger charge is -2.35. The second-order valence-corrected chi connectivity index (χ2v) is 7.85. The van der Waals surface area contributed by atoms with Gasteiger partial charge in [-0.3, -0.25) is 14.4 Å². The number of benzene rings is 1. The summed E-state index contributed by atoms with van der Waals surface area (Å²) in [5.41, 5.74) is 0.293. The maximum Gasteiger partial charge on any atom is 0.436 e. The number of rotatable bonds is 4. The van der Waals surface area contributed by atoms with Gasteiger partial charge in [0.1, 0.15) is 6.54 Å². The fourth-order valence-corrected chi connectivity index (χ4v) is 3.81. The van der Waals surface area contributed by atoms with Crippen LogP contribution in [0.15, 0.2) is 28.7 Å². The van der Waals surface area contributed by atoms with Crippen LogP contribution in [0.4, 0.5) is 13.2 Å². The molecule has 0 atom stereocenters. The summed E-state index contributed by atoms with van der Waals surface area (Å²) in [6.07, 6.45) is -4.57. The topological polar surface area (TPSA) is 41.4 Å². The van der Waals surface area contributed by atoms with Crippen LogP contribution in [0.3, 0.4) is 0 Å². The highest BCUT2D eigenvalue weighted by Crippen LogP contribution is 2.35. The Hall–Kier alpha value is -1.58. The van der Waals surface area contributed by atoms with Gasteiger partial charge in [-0.15, -0.1) is 0 Å². The predicted octanol–water partition coefficient (Wildman–Crippen LogP) is 3.97. The second-order valence-electron chi connectivity index (χ2n) is 6.65. The average molecular weight is 480 g/mol. The van der Waals surface area contributed by atoms with E-state index in [0.717, 1.165) is 10.2 Å². The largest absolute Gasteiger partial charge is 0.436 e. The Bertz CT molecular complexity index is 863. The van der Waals surface area contributed by atoms with Crippen molar-refractivity contribution in [2.24, 2.45) is 0 Å². The van der Waals surface area contributed by atoms with Gasteiger partial charge in [0.05, 0.1) is 10.2 Å². The molecule has 0 bridgehead atoms. The van der Waals surface area contributed by atoms with E-state index in [1.165, 1.54) is 6.92 Å². The van der Waals surface area contributed by atoms with E-state index in [9.17, 15) is 18.0 Å². The first kappa shape index (κ1) is 21.1. The van der Waals surface area contributed by atoms with E-state index in [-0.39, 0.29) is 22.6 Å². The number of hydrogen-bond acceptors (Lipinski definition) is 3. The zero-order chi connectivity index (χ0) is 20.5. The lowest BCUT2D eigenvalue weighted by Crippen LogP contribution is -2.49. The number of nitrogens with zero attached hydrogens (tertiary/aromatic N) is 4. The van der Waals surface area contributed by atoms with E-state index in [0.29, 0.717) is 37.7 Å². The van der Waals surface area contributed by atoms with Crippen LogP contribution < -0.4 is 0 Å². The molecule has 1 aromatic heterocycles. The van der Waals surface area contributed by atoms with Crippen molar-refractivity contribution in [2.75, 3.05) is 26.2 Å². The second kappa shape index (κ2) is 8.42. The van der Waals surface area contributed by atoms with Gasteiger partial charge in [-0.25, -0.2) is 0 Å². The number of alkyl halides is 3. The zero-order valence-corrected chi connectivity index (χ0v) is 17.5. The van der Waals surface area contributed by atoms with Crippen molar-refractivity contribution in [1.29, 1.82) is 0 Å². The van der Waals surface area contributed by atoms with Crippen LogP contribution in [-0.4, -0.2) is 51.7 Å². The molecule has 0 spiro atoms. The highest BCUT2D eigenvalue weighted by molar-refractivity contribution is 9.10. The molecule has 1 aliphatic rings. The monoisotopic (exact) mass is 478 g/mol. The molecule has 1 saturated heterocycles. The first-order chi connectivity index (χ1) is 13.2. The van der Waals surface area contributed by atoms with Gasteiger partial charge < -0.3 is 4.90 Å². The van der Waals surface area contributed by atoms with Gasteiger partial charge in [0.15, 0.2) is 5.69 Å². The molecule has 0 radical (unpaired) electrons. The van der Waals surface area contributed by atoms with Crippen LogP contribution in [0, 0.1) is 6.92 Å². The molecule has 3 rings (SSSR count). The fraction of sp³-hybridized carbons (Fsp3) is 0.444. The van der Waals surface area contributed by atoms with Crippen LogP contribution >= 0.6 is 27.5 Å². The van der Waals surface area contributed by atoms with E-state index < -0.39 is 11.9 Å². The first-order valence-electron chi connectivity index (χ1n) is 8.70. The Labute approximate surface area is 174 Å². The summed E-state index contributed by atoms with van der Waals surface area (Å²) >= 11 is 9.11. The Morgan fingerprint density at radius 3 is 2.43 bits per heavy atom. The van der Waals surface area contributed by atoms with Crippen LogP contribution in [-0.2, 0) is 24.1 Å². The lowest BCUT2D eigenvalue weighted by atomic mass is 10.2. The summed E-state index contributed by atoms with van der Waals surface area (Å²) in [6, 6.07) is 7.62. The standard InChI is InChI=1S/C18H19BrClF3N4O/c1-12-16(19)17(18(21,22)23)24-27(12)11-15(28)26-8-6-25(7-9-26)10-13-4-2-3-5-14(13)20/h2-5H,6-11H2,1H3. The molecule has 152 valence electrons. The van der Waals surface area contributed by atoms with E-state index in [1.54, 1.807) is 4.90 Å². The molecule has 0 aliphatic carbocycles. The molecule has 28 heavy (non-hydrogen) atoms. The van der Waals surface area contributed by atoms with Gasteiger partial charge >= 0.3 is 6.18 Å². The Kier molecular flexibility index (Phi) is 6.36. The quantitative estimate of drug-likeness (QED) is 0.666. The van der Waals surface area contributed by atoms with Crippen LogP contribution in [0.25, 0.3) is 0 Å². The Morgan fingerprint density at radius 2 is 1.86 bits per heavy atom. The molecule has 2 heterocycles. The SMILES string of the molecule is Cc1c(Br)c(C(F)(F)F)nn1CC(=O)N1CCN(Cc2ccccc2Cl)CC1. The third-order valence-electron chi connectivity index (χ3n) is 4.76. The molecule has 0 saturated carbocycles. The van der Waals surface area contributed by atoms with Gasteiger partial charge in [0, 0.05) is 37.7 Å². The van der Waals surface area contributed by atoms with Crippen molar-refractivity contribution in [3.05, 3.63) is 50.7 Å². The van der Waals surface area contributed by atoms with Crippen molar-refractivity contribution >= 4 is 33.4 Å². The molecule has 10 heteroatoms. The summed E-state index contributed by atoms with van der Waals surface area (Å²) in [6.45, 7) is 4.35. The van der Waals surface area contributed by atoms with E-state index in [2.05, 4.69) is 25.9 Å². The summed E-state index contributed by atoms with van der Waals surface area (Å²) < 4.78 is 39.9. The summed E-state index contributed by atoms with van der Waals surface area (Å²) in [4.78, 5) is 16.4. The molecule has 2 aromatic rings. The Balaban J connectivity index is 1.58. The Morgan fingerprint density at radius 1 is 1.21 bits per heavy atom. The molecular formula is C18H19BrClF3N4O. The number of carbonyl (C=O) groups is 1. The van der Waals surface area contributed by atoms with Crippen molar-refractivity contribution in [2.45, 2.75) is 26.2 Å². The predicted molar refractivity (Wildman–Crippen MR) is 103 cm³/mol. The van der Waals surface area contributed by atoms with Gasteiger partial charge in [-0.1, -0.05) is 29.8 Å². The highest BCUT2D eigenvalue weighted by atomic mass is 79.9.